The smallest absolute Gasteiger partial charge is 0.244 e. The van der Waals surface area contributed by atoms with E-state index in [1.54, 1.807) is 0 Å². The van der Waals surface area contributed by atoms with Gasteiger partial charge in [-0.2, -0.15) is 0 Å². The summed E-state index contributed by atoms with van der Waals surface area (Å²) in [7, 11) is 0. The van der Waals surface area contributed by atoms with Crippen LogP contribution in [0.15, 0.2) is 23.3 Å². The van der Waals surface area contributed by atoms with Crippen LogP contribution in [0.1, 0.15) is 27.2 Å². The zero-order chi connectivity index (χ0) is 8.85. The van der Waals surface area contributed by atoms with Crippen molar-refractivity contribution in [1.82, 2.24) is 0 Å². The molecule has 2 heteroatoms. The standard InChI is InChI=1S/C9H15NO/c1-4-6-7(3)8(5-2)9(10)11/h4,6H,5H2,1-3H3,(H2,10,11)/b6-4-,8-7?. The summed E-state index contributed by atoms with van der Waals surface area (Å²) in [5.74, 6) is -0.317. The van der Waals surface area contributed by atoms with Crippen LogP contribution in [-0.2, 0) is 4.79 Å². The van der Waals surface area contributed by atoms with Gasteiger partial charge >= 0.3 is 0 Å². The predicted molar refractivity (Wildman–Crippen MR) is 47.0 cm³/mol. The Morgan fingerprint density at radius 2 is 2.09 bits per heavy atom. The Balaban J connectivity index is 4.67. The molecule has 0 saturated heterocycles. The highest BCUT2D eigenvalue weighted by atomic mass is 16.1. The number of carbonyl (C=O) groups excluding carboxylic acids is 1. The molecule has 0 unspecified atom stereocenters. The number of amides is 1. The van der Waals surface area contributed by atoms with Crippen LogP contribution in [0.25, 0.3) is 0 Å². The second kappa shape index (κ2) is 4.72. The minimum atomic E-state index is -0.317. The van der Waals surface area contributed by atoms with Gasteiger partial charge in [-0.3, -0.25) is 4.79 Å². The third kappa shape index (κ3) is 3.03. The molecule has 0 heterocycles. The van der Waals surface area contributed by atoms with Gasteiger partial charge in [0.15, 0.2) is 0 Å². The molecule has 0 aliphatic carbocycles. The fourth-order valence-corrected chi connectivity index (χ4v) is 0.998. The molecule has 0 aromatic rings. The summed E-state index contributed by atoms with van der Waals surface area (Å²) in [6.45, 7) is 5.73. The number of rotatable bonds is 3. The molecule has 0 aromatic heterocycles. The fourth-order valence-electron chi connectivity index (χ4n) is 0.998. The maximum absolute atomic E-state index is 10.8. The van der Waals surface area contributed by atoms with Crippen LogP contribution in [0.4, 0.5) is 0 Å². The lowest BCUT2D eigenvalue weighted by Crippen LogP contribution is -2.14. The lowest BCUT2D eigenvalue weighted by atomic mass is 10.1. The first-order chi connectivity index (χ1) is 5.13. The summed E-state index contributed by atoms with van der Waals surface area (Å²) in [5.41, 5.74) is 6.82. The Kier molecular flexibility index (Phi) is 4.27. The van der Waals surface area contributed by atoms with Crippen molar-refractivity contribution in [2.45, 2.75) is 27.2 Å². The summed E-state index contributed by atoms with van der Waals surface area (Å²) in [6, 6.07) is 0. The highest BCUT2D eigenvalue weighted by Gasteiger charge is 2.03. The van der Waals surface area contributed by atoms with Gasteiger partial charge in [-0.25, -0.2) is 0 Å². The Morgan fingerprint density at radius 3 is 2.36 bits per heavy atom. The molecule has 0 aliphatic heterocycles. The molecule has 0 spiro atoms. The maximum atomic E-state index is 10.8. The van der Waals surface area contributed by atoms with E-state index in [2.05, 4.69) is 0 Å². The molecule has 0 aromatic carbocycles. The molecule has 2 N–H and O–H groups in total. The van der Waals surface area contributed by atoms with Crippen LogP contribution in [0.2, 0.25) is 0 Å². The zero-order valence-corrected chi connectivity index (χ0v) is 7.35. The number of primary amides is 1. The molecule has 0 fully saturated rings. The fraction of sp³-hybridized carbons (Fsp3) is 0.444. The van der Waals surface area contributed by atoms with Crippen LogP contribution < -0.4 is 5.73 Å². The molecular formula is C9H15NO. The normalized spacial score (nSPS) is 13.4. The van der Waals surface area contributed by atoms with E-state index in [9.17, 15) is 4.79 Å². The molecular weight excluding hydrogens is 138 g/mol. The number of carbonyl (C=O) groups is 1. The predicted octanol–water partition coefficient (Wildman–Crippen LogP) is 1.77. The topological polar surface area (TPSA) is 43.1 Å². The van der Waals surface area contributed by atoms with Crippen LogP contribution >= 0.6 is 0 Å². The Bertz CT molecular complexity index is 202. The SMILES string of the molecule is C/C=C\C(C)=C(CC)C(N)=O. The van der Waals surface area contributed by atoms with Crippen molar-refractivity contribution in [2.75, 3.05) is 0 Å². The minimum Gasteiger partial charge on any atom is -0.366 e. The third-order valence-electron chi connectivity index (χ3n) is 1.54. The molecule has 1 amide bonds. The Hall–Kier alpha value is -1.05. The van der Waals surface area contributed by atoms with Crippen molar-refractivity contribution in [3.8, 4) is 0 Å². The number of hydrogen-bond acceptors (Lipinski definition) is 1. The molecule has 0 radical (unpaired) electrons. The van der Waals surface area contributed by atoms with Crippen molar-refractivity contribution >= 4 is 5.91 Å². The van der Waals surface area contributed by atoms with E-state index in [4.69, 9.17) is 5.73 Å². The quantitative estimate of drug-likeness (QED) is 0.487. The van der Waals surface area contributed by atoms with Crippen molar-refractivity contribution in [3.05, 3.63) is 23.3 Å². The summed E-state index contributed by atoms with van der Waals surface area (Å²) in [4.78, 5) is 10.8. The largest absolute Gasteiger partial charge is 0.366 e. The average Bonchev–Trinajstić information content (AvgIpc) is 1.88. The van der Waals surface area contributed by atoms with Gasteiger partial charge in [0.2, 0.25) is 5.91 Å². The Morgan fingerprint density at radius 1 is 1.55 bits per heavy atom. The van der Waals surface area contributed by atoms with Crippen LogP contribution in [0.5, 0.6) is 0 Å². The first-order valence-electron chi connectivity index (χ1n) is 3.75. The lowest BCUT2D eigenvalue weighted by molar-refractivity contribution is -0.114. The van der Waals surface area contributed by atoms with E-state index in [1.165, 1.54) is 0 Å². The number of allylic oxidation sites excluding steroid dienone is 3. The highest BCUT2D eigenvalue weighted by molar-refractivity contribution is 5.93. The van der Waals surface area contributed by atoms with Gasteiger partial charge in [-0.1, -0.05) is 19.1 Å². The molecule has 62 valence electrons. The van der Waals surface area contributed by atoms with Gasteiger partial charge in [-0.05, 0) is 25.8 Å². The monoisotopic (exact) mass is 153 g/mol. The molecule has 0 atom stereocenters. The Labute approximate surface area is 67.8 Å². The summed E-state index contributed by atoms with van der Waals surface area (Å²) in [5, 5.41) is 0. The van der Waals surface area contributed by atoms with Gasteiger partial charge < -0.3 is 5.73 Å². The summed E-state index contributed by atoms with van der Waals surface area (Å²) < 4.78 is 0. The van der Waals surface area contributed by atoms with Crippen LogP contribution in [0.3, 0.4) is 0 Å². The lowest BCUT2D eigenvalue weighted by Gasteiger charge is -2.01. The maximum Gasteiger partial charge on any atom is 0.244 e. The van der Waals surface area contributed by atoms with Crippen LogP contribution in [-0.4, -0.2) is 5.91 Å². The molecule has 0 bridgehead atoms. The van der Waals surface area contributed by atoms with Gasteiger partial charge in [0.1, 0.15) is 0 Å². The van der Waals surface area contributed by atoms with E-state index in [-0.39, 0.29) is 5.91 Å². The van der Waals surface area contributed by atoms with Crippen molar-refractivity contribution < 1.29 is 4.79 Å². The number of nitrogens with two attached hydrogens (primary N) is 1. The molecule has 0 aliphatic rings. The zero-order valence-electron chi connectivity index (χ0n) is 7.35. The third-order valence-corrected chi connectivity index (χ3v) is 1.54. The van der Waals surface area contributed by atoms with E-state index in [0.717, 1.165) is 5.57 Å². The van der Waals surface area contributed by atoms with E-state index in [1.807, 2.05) is 32.9 Å². The van der Waals surface area contributed by atoms with Gasteiger partial charge in [0.05, 0.1) is 0 Å². The minimum absolute atomic E-state index is 0.317. The van der Waals surface area contributed by atoms with E-state index in [0.29, 0.717) is 12.0 Å². The van der Waals surface area contributed by atoms with Crippen LogP contribution in [0, 0.1) is 0 Å². The van der Waals surface area contributed by atoms with E-state index >= 15 is 0 Å². The summed E-state index contributed by atoms with van der Waals surface area (Å²) in [6.07, 6.45) is 4.49. The molecule has 0 saturated carbocycles. The second-order valence-electron chi connectivity index (χ2n) is 2.38. The molecule has 11 heavy (non-hydrogen) atoms. The van der Waals surface area contributed by atoms with E-state index < -0.39 is 0 Å². The first kappa shape index (κ1) is 9.95. The van der Waals surface area contributed by atoms with Crippen molar-refractivity contribution in [2.24, 2.45) is 5.73 Å². The molecule has 2 nitrogen and oxygen atoms in total. The number of hydrogen-bond donors (Lipinski definition) is 1. The van der Waals surface area contributed by atoms with Gasteiger partial charge in [0, 0.05) is 5.57 Å². The average molecular weight is 153 g/mol. The summed E-state index contributed by atoms with van der Waals surface area (Å²) >= 11 is 0. The van der Waals surface area contributed by atoms with Gasteiger partial charge in [-0.15, -0.1) is 0 Å². The molecule has 0 rings (SSSR count). The van der Waals surface area contributed by atoms with Crippen molar-refractivity contribution in [3.63, 3.8) is 0 Å². The van der Waals surface area contributed by atoms with Crippen molar-refractivity contribution in [1.29, 1.82) is 0 Å². The van der Waals surface area contributed by atoms with Gasteiger partial charge in [0.25, 0.3) is 0 Å². The second-order valence-corrected chi connectivity index (χ2v) is 2.38. The first-order valence-corrected chi connectivity index (χ1v) is 3.75. The highest BCUT2D eigenvalue weighted by Crippen LogP contribution is 2.08.